The van der Waals surface area contributed by atoms with Gasteiger partial charge in [-0.05, 0) is 69.3 Å². The second-order valence-electron chi connectivity index (χ2n) is 10.5. The lowest BCUT2D eigenvalue weighted by atomic mass is 9.81. The molecule has 0 aromatic carbocycles. The highest BCUT2D eigenvalue weighted by Gasteiger charge is 2.47. The van der Waals surface area contributed by atoms with Crippen molar-refractivity contribution in [3.8, 4) is 5.88 Å². The van der Waals surface area contributed by atoms with Crippen LogP contribution in [0.4, 0.5) is 0 Å². The van der Waals surface area contributed by atoms with Gasteiger partial charge in [0.15, 0.2) is 0 Å². The molecule has 4 unspecified atom stereocenters. The molecule has 0 spiro atoms. The van der Waals surface area contributed by atoms with E-state index in [0.29, 0.717) is 35.8 Å². The van der Waals surface area contributed by atoms with Crippen LogP contribution in [0.3, 0.4) is 0 Å². The van der Waals surface area contributed by atoms with E-state index in [9.17, 15) is 9.59 Å². The molecule has 2 bridgehead atoms. The zero-order valence-electron chi connectivity index (χ0n) is 20.5. The van der Waals surface area contributed by atoms with Gasteiger partial charge in [-0.15, -0.1) is 0 Å². The molecule has 2 saturated carbocycles. The third kappa shape index (κ3) is 5.73. The molecule has 3 rings (SSSR count). The van der Waals surface area contributed by atoms with E-state index in [4.69, 9.17) is 4.74 Å². The number of carbonyl (C=O) groups is 2. The highest BCUT2D eigenvalue weighted by molar-refractivity contribution is 5.96. The Morgan fingerprint density at radius 3 is 2.69 bits per heavy atom. The number of ether oxygens (including phenoxy) is 1. The summed E-state index contributed by atoms with van der Waals surface area (Å²) < 4.78 is 7.63. The molecule has 0 radical (unpaired) electrons. The zero-order chi connectivity index (χ0) is 23.5. The van der Waals surface area contributed by atoms with Crippen molar-refractivity contribution in [1.29, 1.82) is 0 Å². The summed E-state index contributed by atoms with van der Waals surface area (Å²) in [5, 5.41) is 10.6. The summed E-state index contributed by atoms with van der Waals surface area (Å²) >= 11 is 0. The summed E-state index contributed by atoms with van der Waals surface area (Å²) in [6.45, 7) is 12.1. The highest BCUT2D eigenvalue weighted by Crippen LogP contribution is 2.50. The van der Waals surface area contributed by atoms with Crippen molar-refractivity contribution in [1.82, 2.24) is 20.4 Å². The van der Waals surface area contributed by atoms with E-state index in [0.717, 1.165) is 12.3 Å². The molecule has 7 heteroatoms. The SMILES string of the molecule is CCCC1C2CCC(C2)C1NC(=O)c1cnn(C=CC(C)(C)NC(C)=O)c1OCC(C)C. The Bertz CT molecular complexity index is 842. The van der Waals surface area contributed by atoms with E-state index < -0.39 is 5.54 Å². The molecular formula is C25H40N4O3. The molecule has 1 aromatic rings. The van der Waals surface area contributed by atoms with Gasteiger partial charge in [0.05, 0.1) is 18.3 Å². The van der Waals surface area contributed by atoms with Gasteiger partial charge in [-0.1, -0.05) is 27.2 Å². The fraction of sp³-hybridized carbons (Fsp3) is 0.720. The Hall–Kier alpha value is -2.31. The number of carbonyl (C=O) groups excluding carboxylic acids is 2. The number of rotatable bonds is 10. The van der Waals surface area contributed by atoms with Crippen LogP contribution in [0.1, 0.15) is 84.0 Å². The van der Waals surface area contributed by atoms with Gasteiger partial charge in [0, 0.05) is 19.2 Å². The maximum atomic E-state index is 13.3. The van der Waals surface area contributed by atoms with Crippen molar-refractivity contribution in [2.45, 2.75) is 85.2 Å². The minimum Gasteiger partial charge on any atom is -0.477 e. The second-order valence-corrected chi connectivity index (χ2v) is 10.5. The number of hydrogen-bond donors (Lipinski definition) is 2. The van der Waals surface area contributed by atoms with Gasteiger partial charge in [0.1, 0.15) is 5.56 Å². The first kappa shape index (κ1) is 24.3. The number of aromatic nitrogens is 2. The lowest BCUT2D eigenvalue weighted by Gasteiger charge is -2.31. The van der Waals surface area contributed by atoms with Gasteiger partial charge in [0.2, 0.25) is 11.8 Å². The lowest BCUT2D eigenvalue weighted by Crippen LogP contribution is -2.44. The fourth-order valence-electron chi connectivity index (χ4n) is 5.37. The Morgan fingerprint density at radius 1 is 1.31 bits per heavy atom. The molecule has 2 fully saturated rings. The van der Waals surface area contributed by atoms with E-state index in [1.165, 1.54) is 32.6 Å². The summed E-state index contributed by atoms with van der Waals surface area (Å²) in [7, 11) is 0. The first-order chi connectivity index (χ1) is 15.1. The number of amides is 2. The molecular weight excluding hydrogens is 404 g/mol. The summed E-state index contributed by atoms with van der Waals surface area (Å²) in [5.74, 6) is 2.47. The van der Waals surface area contributed by atoms with Gasteiger partial charge < -0.3 is 15.4 Å². The van der Waals surface area contributed by atoms with Gasteiger partial charge >= 0.3 is 0 Å². The standard InChI is InChI=1S/C25H40N4O3/c1-7-8-20-18-9-10-19(13-18)22(20)27-23(31)21-14-26-29(24(21)32-15-16(2)3)12-11-25(5,6)28-17(4)30/h11-12,14,16,18-20,22H,7-10,13,15H2,1-6H3,(H,27,31)(H,28,30). The third-order valence-corrected chi connectivity index (χ3v) is 6.69. The average molecular weight is 445 g/mol. The van der Waals surface area contributed by atoms with Gasteiger partial charge in [-0.3, -0.25) is 9.59 Å². The summed E-state index contributed by atoms with van der Waals surface area (Å²) in [6, 6.07) is 0.247. The van der Waals surface area contributed by atoms with Crippen LogP contribution >= 0.6 is 0 Å². The smallest absolute Gasteiger partial charge is 0.258 e. The molecule has 1 aromatic heterocycles. The Balaban J connectivity index is 1.80. The first-order valence-electron chi connectivity index (χ1n) is 12.1. The van der Waals surface area contributed by atoms with Crippen LogP contribution in [0.15, 0.2) is 12.3 Å². The predicted molar refractivity (Wildman–Crippen MR) is 126 cm³/mol. The molecule has 0 aliphatic heterocycles. The largest absolute Gasteiger partial charge is 0.477 e. The second kappa shape index (κ2) is 10.1. The topological polar surface area (TPSA) is 85.3 Å². The van der Waals surface area contributed by atoms with Crippen LogP contribution in [0, 0.1) is 23.7 Å². The number of nitrogens with zero attached hydrogens (tertiary/aromatic N) is 2. The molecule has 0 saturated heterocycles. The summed E-state index contributed by atoms with van der Waals surface area (Å²) in [4.78, 5) is 24.8. The monoisotopic (exact) mass is 444 g/mol. The van der Waals surface area contributed by atoms with Gasteiger partial charge in [0.25, 0.3) is 5.91 Å². The van der Waals surface area contributed by atoms with Crippen LogP contribution in [0.25, 0.3) is 6.20 Å². The van der Waals surface area contributed by atoms with Crippen LogP contribution in [-0.2, 0) is 4.79 Å². The molecule has 2 amide bonds. The molecule has 178 valence electrons. The Morgan fingerprint density at radius 2 is 2.03 bits per heavy atom. The normalized spacial score (nSPS) is 25.0. The average Bonchev–Trinajstić information content (AvgIpc) is 3.39. The Labute approximate surface area is 192 Å². The van der Waals surface area contributed by atoms with E-state index in [-0.39, 0.29) is 17.9 Å². The van der Waals surface area contributed by atoms with E-state index in [1.807, 2.05) is 19.9 Å². The zero-order valence-corrected chi connectivity index (χ0v) is 20.5. The van der Waals surface area contributed by atoms with Crippen molar-refractivity contribution in [3.05, 3.63) is 17.8 Å². The molecule has 2 N–H and O–H groups in total. The van der Waals surface area contributed by atoms with E-state index >= 15 is 0 Å². The predicted octanol–water partition coefficient (Wildman–Crippen LogP) is 4.25. The summed E-state index contributed by atoms with van der Waals surface area (Å²) in [6.07, 6.45) is 11.3. The molecule has 2 aliphatic carbocycles. The van der Waals surface area contributed by atoms with Crippen molar-refractivity contribution in [2.75, 3.05) is 6.61 Å². The minimum absolute atomic E-state index is 0.107. The van der Waals surface area contributed by atoms with Crippen molar-refractivity contribution in [3.63, 3.8) is 0 Å². The van der Waals surface area contributed by atoms with Crippen molar-refractivity contribution in [2.24, 2.45) is 23.7 Å². The van der Waals surface area contributed by atoms with Crippen LogP contribution in [0.2, 0.25) is 0 Å². The number of hydrogen-bond acceptors (Lipinski definition) is 4. The van der Waals surface area contributed by atoms with Crippen molar-refractivity contribution >= 4 is 18.0 Å². The maximum absolute atomic E-state index is 13.3. The van der Waals surface area contributed by atoms with Crippen LogP contribution < -0.4 is 15.4 Å². The minimum atomic E-state index is -0.550. The Kier molecular flexibility index (Phi) is 7.67. The summed E-state index contributed by atoms with van der Waals surface area (Å²) in [5.41, 5.74) is -0.0861. The molecule has 7 nitrogen and oxygen atoms in total. The molecule has 1 heterocycles. The maximum Gasteiger partial charge on any atom is 0.258 e. The van der Waals surface area contributed by atoms with Crippen LogP contribution in [0.5, 0.6) is 5.88 Å². The van der Waals surface area contributed by atoms with Crippen molar-refractivity contribution < 1.29 is 14.3 Å². The molecule has 2 aliphatic rings. The van der Waals surface area contributed by atoms with Gasteiger partial charge in [-0.2, -0.15) is 5.10 Å². The number of nitrogens with one attached hydrogen (secondary N) is 2. The first-order valence-corrected chi connectivity index (χ1v) is 12.1. The highest BCUT2D eigenvalue weighted by atomic mass is 16.5. The van der Waals surface area contributed by atoms with Gasteiger partial charge in [-0.25, -0.2) is 4.68 Å². The molecule has 32 heavy (non-hydrogen) atoms. The quantitative estimate of drug-likeness (QED) is 0.565. The lowest BCUT2D eigenvalue weighted by molar-refractivity contribution is -0.120. The van der Waals surface area contributed by atoms with E-state index in [2.05, 4.69) is 36.5 Å². The molecule has 4 atom stereocenters. The third-order valence-electron chi connectivity index (χ3n) is 6.69. The van der Waals surface area contributed by atoms with E-state index in [1.54, 1.807) is 17.1 Å². The van der Waals surface area contributed by atoms with Crippen LogP contribution in [-0.4, -0.2) is 39.8 Å². The number of fused-ring (bicyclic) bond motifs is 2. The fourth-order valence-corrected chi connectivity index (χ4v) is 5.37.